The highest BCUT2D eigenvalue weighted by molar-refractivity contribution is 5.80. The minimum absolute atomic E-state index is 0.234. The third-order valence-electron chi connectivity index (χ3n) is 1.91. The highest BCUT2D eigenvalue weighted by atomic mass is 16.2. The molecular weight excluding hydrogens is 158 g/mol. The van der Waals surface area contributed by atoms with Crippen LogP contribution in [0.5, 0.6) is 0 Å². The number of carbonyl (C=O) groups excluding carboxylic acids is 1. The number of nitrogens with zero attached hydrogens (tertiary/aromatic N) is 2. The Morgan fingerprint density at radius 2 is 2.50 bits per heavy atom. The number of rotatable bonds is 0. The Morgan fingerprint density at radius 3 is 3.25 bits per heavy atom. The first-order chi connectivity index (χ1) is 5.70. The summed E-state index contributed by atoms with van der Waals surface area (Å²) in [5.41, 5.74) is 6.28. The van der Waals surface area contributed by atoms with Gasteiger partial charge in [-0.25, -0.2) is 9.79 Å². The molecule has 0 saturated heterocycles. The van der Waals surface area contributed by atoms with Crippen LogP contribution in [-0.2, 0) is 0 Å². The van der Waals surface area contributed by atoms with Crippen molar-refractivity contribution in [2.75, 3.05) is 7.05 Å². The van der Waals surface area contributed by atoms with Crippen LogP contribution in [0.3, 0.4) is 0 Å². The standard InChI is InChI=1S/C6H9N5O/c1-11-5-3(8-2-9-5)4(7)10-6(11)12/h2,5H,7H2,1H3,(H,8,9)(H,10,12). The van der Waals surface area contributed by atoms with E-state index in [0.29, 0.717) is 5.82 Å². The van der Waals surface area contributed by atoms with Gasteiger partial charge in [-0.15, -0.1) is 0 Å². The minimum atomic E-state index is -0.279. The number of nitrogens with two attached hydrogens (primary N) is 1. The number of carbonyl (C=O) groups is 1. The highest BCUT2D eigenvalue weighted by Gasteiger charge is 2.32. The van der Waals surface area contributed by atoms with E-state index in [1.54, 1.807) is 7.05 Å². The van der Waals surface area contributed by atoms with Gasteiger partial charge in [-0.2, -0.15) is 0 Å². The third kappa shape index (κ3) is 0.744. The van der Waals surface area contributed by atoms with Gasteiger partial charge in [0.1, 0.15) is 11.5 Å². The zero-order valence-corrected chi connectivity index (χ0v) is 6.53. The van der Waals surface area contributed by atoms with Crippen LogP contribution >= 0.6 is 0 Å². The summed E-state index contributed by atoms with van der Waals surface area (Å²) >= 11 is 0. The Balaban J connectivity index is 2.40. The SMILES string of the molecule is CN1C(=O)NC(N)=C2NC=NC21. The Labute approximate surface area is 69.1 Å². The summed E-state index contributed by atoms with van der Waals surface area (Å²) in [4.78, 5) is 16.7. The number of aliphatic imine (C=N–C) groups is 1. The van der Waals surface area contributed by atoms with Crippen LogP contribution < -0.4 is 16.4 Å². The minimum Gasteiger partial charge on any atom is -0.384 e. The lowest BCUT2D eigenvalue weighted by Gasteiger charge is -2.29. The number of fused-ring (bicyclic) bond motifs is 1. The van der Waals surface area contributed by atoms with Crippen molar-refractivity contribution in [3.63, 3.8) is 0 Å². The molecule has 2 aliphatic heterocycles. The molecule has 0 radical (unpaired) electrons. The molecule has 64 valence electrons. The van der Waals surface area contributed by atoms with Gasteiger partial charge < -0.3 is 11.1 Å². The maximum Gasteiger partial charge on any atom is 0.324 e. The van der Waals surface area contributed by atoms with Gasteiger partial charge in [0.25, 0.3) is 0 Å². The third-order valence-corrected chi connectivity index (χ3v) is 1.91. The van der Waals surface area contributed by atoms with E-state index in [0.717, 1.165) is 5.70 Å². The van der Waals surface area contributed by atoms with Crippen LogP contribution in [0.4, 0.5) is 4.79 Å². The quantitative estimate of drug-likeness (QED) is 0.420. The number of likely N-dealkylation sites (N-methyl/N-ethyl adjacent to an activating group) is 1. The number of hydrogen-bond donors (Lipinski definition) is 3. The molecule has 0 aromatic heterocycles. The van der Waals surface area contributed by atoms with Crippen molar-refractivity contribution >= 4 is 12.4 Å². The molecule has 2 rings (SSSR count). The van der Waals surface area contributed by atoms with Crippen molar-refractivity contribution < 1.29 is 4.79 Å². The van der Waals surface area contributed by atoms with Gasteiger partial charge in [0.15, 0.2) is 6.17 Å². The molecule has 12 heavy (non-hydrogen) atoms. The molecule has 1 unspecified atom stereocenters. The molecule has 4 N–H and O–H groups in total. The Hall–Kier alpha value is -1.72. The summed E-state index contributed by atoms with van der Waals surface area (Å²) < 4.78 is 0. The lowest BCUT2D eigenvalue weighted by Crippen LogP contribution is -2.51. The van der Waals surface area contributed by atoms with Crippen molar-refractivity contribution in [1.82, 2.24) is 15.5 Å². The summed E-state index contributed by atoms with van der Waals surface area (Å²) in [5.74, 6) is 0.348. The highest BCUT2D eigenvalue weighted by Crippen LogP contribution is 2.16. The maximum atomic E-state index is 11.1. The topological polar surface area (TPSA) is 82.8 Å². The summed E-state index contributed by atoms with van der Waals surface area (Å²) in [6.45, 7) is 0. The van der Waals surface area contributed by atoms with Crippen LogP contribution in [0.15, 0.2) is 16.5 Å². The van der Waals surface area contributed by atoms with E-state index in [2.05, 4.69) is 15.6 Å². The van der Waals surface area contributed by atoms with Crippen LogP contribution in [0.25, 0.3) is 0 Å². The smallest absolute Gasteiger partial charge is 0.324 e. The van der Waals surface area contributed by atoms with Crippen molar-refractivity contribution in [1.29, 1.82) is 0 Å². The molecule has 1 atom stereocenters. The Morgan fingerprint density at radius 1 is 1.75 bits per heavy atom. The van der Waals surface area contributed by atoms with E-state index in [9.17, 15) is 4.79 Å². The van der Waals surface area contributed by atoms with Crippen molar-refractivity contribution in [2.45, 2.75) is 6.17 Å². The average molecular weight is 167 g/mol. The molecule has 0 spiro atoms. The van der Waals surface area contributed by atoms with Gasteiger partial charge in [0.05, 0.1) is 6.34 Å². The van der Waals surface area contributed by atoms with Gasteiger partial charge in [0.2, 0.25) is 0 Å². The molecule has 2 heterocycles. The summed E-state index contributed by atoms with van der Waals surface area (Å²) in [6, 6.07) is -0.234. The fourth-order valence-corrected chi connectivity index (χ4v) is 1.22. The zero-order valence-electron chi connectivity index (χ0n) is 6.53. The zero-order chi connectivity index (χ0) is 8.72. The van der Waals surface area contributed by atoms with Gasteiger partial charge in [0, 0.05) is 7.05 Å². The van der Waals surface area contributed by atoms with Crippen LogP contribution in [0, 0.1) is 0 Å². The predicted molar refractivity (Wildman–Crippen MR) is 42.9 cm³/mol. The van der Waals surface area contributed by atoms with Gasteiger partial charge >= 0.3 is 6.03 Å². The fourth-order valence-electron chi connectivity index (χ4n) is 1.22. The average Bonchev–Trinajstić information content (AvgIpc) is 2.48. The van der Waals surface area contributed by atoms with E-state index in [1.165, 1.54) is 11.2 Å². The molecule has 0 fully saturated rings. The van der Waals surface area contributed by atoms with Crippen LogP contribution in [-0.4, -0.2) is 30.5 Å². The number of amides is 2. The molecule has 0 bridgehead atoms. The van der Waals surface area contributed by atoms with Gasteiger partial charge in [-0.3, -0.25) is 10.2 Å². The molecule has 0 aromatic carbocycles. The van der Waals surface area contributed by atoms with E-state index < -0.39 is 0 Å². The number of hydrogen-bond acceptors (Lipinski definition) is 4. The number of nitrogens with one attached hydrogen (secondary N) is 2. The van der Waals surface area contributed by atoms with Crippen molar-refractivity contribution in [3.8, 4) is 0 Å². The molecule has 2 aliphatic rings. The summed E-state index contributed by atoms with van der Waals surface area (Å²) in [5, 5.41) is 5.37. The molecule has 2 amide bonds. The Kier molecular flexibility index (Phi) is 1.24. The second-order valence-electron chi connectivity index (χ2n) is 2.66. The molecule has 6 heteroatoms. The van der Waals surface area contributed by atoms with Crippen molar-refractivity contribution in [3.05, 3.63) is 11.5 Å². The number of urea groups is 1. The van der Waals surface area contributed by atoms with E-state index in [1.807, 2.05) is 0 Å². The van der Waals surface area contributed by atoms with E-state index in [-0.39, 0.29) is 12.2 Å². The molecular formula is C6H9N5O. The second-order valence-corrected chi connectivity index (χ2v) is 2.66. The predicted octanol–water partition coefficient (Wildman–Crippen LogP) is -1.27. The molecule has 6 nitrogen and oxygen atoms in total. The normalized spacial score (nSPS) is 26.9. The Bertz CT molecular complexity index is 294. The second kappa shape index (κ2) is 2.13. The molecule has 0 aliphatic carbocycles. The molecule has 0 saturated carbocycles. The first-order valence-corrected chi connectivity index (χ1v) is 3.52. The monoisotopic (exact) mass is 167 g/mol. The lowest BCUT2D eigenvalue weighted by molar-refractivity contribution is 0.196. The molecule has 0 aromatic rings. The largest absolute Gasteiger partial charge is 0.384 e. The van der Waals surface area contributed by atoms with Crippen LogP contribution in [0.2, 0.25) is 0 Å². The van der Waals surface area contributed by atoms with E-state index >= 15 is 0 Å². The maximum absolute atomic E-state index is 11.1. The van der Waals surface area contributed by atoms with Gasteiger partial charge in [-0.1, -0.05) is 0 Å². The van der Waals surface area contributed by atoms with Gasteiger partial charge in [-0.05, 0) is 0 Å². The van der Waals surface area contributed by atoms with Crippen LogP contribution in [0.1, 0.15) is 0 Å². The fraction of sp³-hybridized carbons (Fsp3) is 0.333. The summed E-state index contributed by atoms with van der Waals surface area (Å²) in [7, 11) is 1.66. The summed E-state index contributed by atoms with van der Waals surface area (Å²) in [6.07, 6.45) is 1.25. The first kappa shape index (κ1) is 6.96. The lowest BCUT2D eigenvalue weighted by atomic mass is 10.3. The van der Waals surface area contributed by atoms with E-state index in [4.69, 9.17) is 5.73 Å². The first-order valence-electron chi connectivity index (χ1n) is 3.52. The van der Waals surface area contributed by atoms with Crippen molar-refractivity contribution in [2.24, 2.45) is 10.7 Å².